The van der Waals surface area contributed by atoms with Crippen LogP contribution in [0.2, 0.25) is 0 Å². The summed E-state index contributed by atoms with van der Waals surface area (Å²) in [6.07, 6.45) is 3.32. The van der Waals surface area contributed by atoms with Gasteiger partial charge in [-0.1, -0.05) is 12.1 Å². The van der Waals surface area contributed by atoms with E-state index in [1.54, 1.807) is 4.90 Å². The number of carbonyl (C=O) groups is 2. The fourth-order valence-electron chi connectivity index (χ4n) is 2.75. The lowest BCUT2D eigenvalue weighted by Gasteiger charge is -2.30. The first kappa shape index (κ1) is 15.5. The third kappa shape index (κ3) is 3.84. The van der Waals surface area contributed by atoms with Gasteiger partial charge in [-0.25, -0.2) is 0 Å². The van der Waals surface area contributed by atoms with Crippen molar-refractivity contribution in [3.63, 3.8) is 0 Å². The summed E-state index contributed by atoms with van der Waals surface area (Å²) in [5, 5.41) is 0. The molecular formula is C17H24N2O2. The van der Waals surface area contributed by atoms with Crippen LogP contribution < -0.4 is 4.90 Å². The van der Waals surface area contributed by atoms with E-state index in [-0.39, 0.29) is 18.4 Å². The van der Waals surface area contributed by atoms with Crippen LogP contribution in [0.4, 0.5) is 5.69 Å². The lowest BCUT2D eigenvalue weighted by atomic mass is 10.1. The van der Waals surface area contributed by atoms with E-state index in [0.29, 0.717) is 0 Å². The molecule has 1 heterocycles. The lowest BCUT2D eigenvalue weighted by Crippen LogP contribution is -2.44. The molecule has 4 nitrogen and oxygen atoms in total. The number of likely N-dealkylation sites (tertiary alicyclic amines) is 1. The third-order valence-corrected chi connectivity index (χ3v) is 4.04. The first-order valence-corrected chi connectivity index (χ1v) is 7.62. The molecule has 0 aliphatic carbocycles. The van der Waals surface area contributed by atoms with Crippen LogP contribution in [0.3, 0.4) is 0 Å². The van der Waals surface area contributed by atoms with E-state index in [1.165, 1.54) is 13.3 Å². The van der Waals surface area contributed by atoms with Crippen LogP contribution >= 0.6 is 0 Å². The van der Waals surface area contributed by atoms with Crippen molar-refractivity contribution in [2.24, 2.45) is 0 Å². The van der Waals surface area contributed by atoms with Crippen LogP contribution in [0.25, 0.3) is 0 Å². The summed E-state index contributed by atoms with van der Waals surface area (Å²) in [4.78, 5) is 27.9. The number of aryl methyl sites for hydroxylation is 2. The maximum atomic E-state index is 12.4. The van der Waals surface area contributed by atoms with E-state index in [1.807, 2.05) is 36.9 Å². The predicted octanol–water partition coefficient (Wildman–Crippen LogP) is 2.67. The Hall–Kier alpha value is -1.84. The molecule has 1 aromatic rings. The van der Waals surface area contributed by atoms with Crippen LogP contribution in [0, 0.1) is 13.8 Å². The Morgan fingerprint density at radius 1 is 1.14 bits per heavy atom. The summed E-state index contributed by atoms with van der Waals surface area (Å²) in [5.41, 5.74) is 2.95. The van der Waals surface area contributed by atoms with Crippen molar-refractivity contribution >= 4 is 17.5 Å². The summed E-state index contributed by atoms with van der Waals surface area (Å²) in [5.74, 6) is -0.0418. The molecule has 4 heteroatoms. The summed E-state index contributed by atoms with van der Waals surface area (Å²) in [6.45, 7) is 7.25. The molecule has 1 aliphatic rings. The van der Waals surface area contributed by atoms with Crippen LogP contribution in [0.5, 0.6) is 0 Å². The number of nitrogens with zero attached hydrogens (tertiary/aromatic N) is 2. The van der Waals surface area contributed by atoms with Gasteiger partial charge < -0.3 is 9.80 Å². The molecular weight excluding hydrogens is 264 g/mol. The highest BCUT2D eigenvalue weighted by atomic mass is 16.2. The second kappa shape index (κ2) is 6.74. The normalized spacial score (nSPS) is 14.9. The van der Waals surface area contributed by atoms with Gasteiger partial charge in [0.25, 0.3) is 0 Å². The van der Waals surface area contributed by atoms with Gasteiger partial charge in [-0.3, -0.25) is 9.59 Å². The van der Waals surface area contributed by atoms with Gasteiger partial charge in [-0.15, -0.1) is 0 Å². The highest BCUT2D eigenvalue weighted by molar-refractivity contribution is 5.98. The van der Waals surface area contributed by atoms with Crippen molar-refractivity contribution in [2.45, 2.75) is 40.0 Å². The van der Waals surface area contributed by atoms with Gasteiger partial charge >= 0.3 is 0 Å². The molecule has 114 valence electrons. The van der Waals surface area contributed by atoms with E-state index >= 15 is 0 Å². The zero-order chi connectivity index (χ0) is 15.4. The number of carbonyl (C=O) groups excluding carboxylic acids is 2. The average molecular weight is 288 g/mol. The quantitative estimate of drug-likeness (QED) is 0.858. The molecule has 0 N–H and O–H groups in total. The molecule has 1 saturated heterocycles. The van der Waals surface area contributed by atoms with E-state index < -0.39 is 0 Å². The number of hydrogen-bond acceptors (Lipinski definition) is 2. The molecule has 0 bridgehead atoms. The van der Waals surface area contributed by atoms with Crippen molar-refractivity contribution in [1.82, 2.24) is 4.90 Å². The van der Waals surface area contributed by atoms with Crippen molar-refractivity contribution in [3.05, 3.63) is 29.3 Å². The van der Waals surface area contributed by atoms with Gasteiger partial charge in [-0.05, 0) is 50.3 Å². The number of rotatable bonds is 3. The Kier molecular flexibility index (Phi) is 4.99. The van der Waals surface area contributed by atoms with Gasteiger partial charge in [0.2, 0.25) is 11.8 Å². The summed E-state index contributed by atoms with van der Waals surface area (Å²) < 4.78 is 0. The molecule has 0 saturated carbocycles. The molecule has 2 amide bonds. The molecule has 1 fully saturated rings. The molecule has 0 aromatic heterocycles. The number of anilines is 1. The fraction of sp³-hybridized carbons (Fsp3) is 0.529. The molecule has 0 radical (unpaired) electrons. The van der Waals surface area contributed by atoms with Crippen molar-refractivity contribution < 1.29 is 9.59 Å². The average Bonchev–Trinajstić information content (AvgIpc) is 2.48. The molecule has 0 spiro atoms. The van der Waals surface area contributed by atoms with E-state index in [0.717, 1.165) is 42.7 Å². The summed E-state index contributed by atoms with van der Waals surface area (Å²) in [7, 11) is 0. The smallest absolute Gasteiger partial charge is 0.242 e. The fourth-order valence-corrected chi connectivity index (χ4v) is 2.75. The summed E-state index contributed by atoms with van der Waals surface area (Å²) >= 11 is 0. The van der Waals surface area contributed by atoms with Crippen LogP contribution in [-0.4, -0.2) is 36.3 Å². The topological polar surface area (TPSA) is 40.6 Å². The van der Waals surface area contributed by atoms with E-state index in [4.69, 9.17) is 0 Å². The second-order valence-corrected chi connectivity index (χ2v) is 5.84. The zero-order valence-electron chi connectivity index (χ0n) is 13.2. The van der Waals surface area contributed by atoms with Crippen LogP contribution in [0.15, 0.2) is 18.2 Å². The molecule has 21 heavy (non-hydrogen) atoms. The maximum Gasteiger partial charge on any atom is 0.242 e. The monoisotopic (exact) mass is 288 g/mol. The van der Waals surface area contributed by atoms with Crippen molar-refractivity contribution in [3.8, 4) is 0 Å². The van der Waals surface area contributed by atoms with Gasteiger partial charge in [0.15, 0.2) is 0 Å². The SMILES string of the molecule is CC(=O)N(CC(=O)N1CCCCC1)c1cc(C)ccc1C. The van der Waals surface area contributed by atoms with Gasteiger partial charge in [0.05, 0.1) is 0 Å². The van der Waals surface area contributed by atoms with Gasteiger partial charge in [0, 0.05) is 25.7 Å². The molecule has 1 aromatic carbocycles. The minimum Gasteiger partial charge on any atom is -0.341 e. The number of benzene rings is 1. The number of hydrogen-bond donors (Lipinski definition) is 0. The Morgan fingerprint density at radius 2 is 1.81 bits per heavy atom. The standard InChI is InChI=1S/C17H24N2O2/c1-13-7-8-14(2)16(11-13)19(15(3)20)12-17(21)18-9-5-4-6-10-18/h7-8,11H,4-6,9-10,12H2,1-3H3. The van der Waals surface area contributed by atoms with Gasteiger partial charge in [-0.2, -0.15) is 0 Å². The van der Waals surface area contributed by atoms with Crippen LogP contribution in [0.1, 0.15) is 37.3 Å². The lowest BCUT2D eigenvalue weighted by molar-refractivity contribution is -0.132. The minimum atomic E-state index is -0.0888. The third-order valence-electron chi connectivity index (χ3n) is 4.04. The Labute approximate surface area is 126 Å². The molecule has 2 rings (SSSR count). The molecule has 0 atom stereocenters. The zero-order valence-corrected chi connectivity index (χ0v) is 13.2. The summed E-state index contributed by atoms with van der Waals surface area (Å²) in [6, 6.07) is 5.98. The molecule has 1 aliphatic heterocycles. The Balaban J connectivity index is 2.17. The highest BCUT2D eigenvalue weighted by Gasteiger charge is 2.22. The highest BCUT2D eigenvalue weighted by Crippen LogP contribution is 2.22. The number of amides is 2. The number of piperidine rings is 1. The van der Waals surface area contributed by atoms with Crippen molar-refractivity contribution in [2.75, 3.05) is 24.5 Å². The second-order valence-electron chi connectivity index (χ2n) is 5.84. The van der Waals surface area contributed by atoms with E-state index in [9.17, 15) is 9.59 Å². The predicted molar refractivity (Wildman–Crippen MR) is 84.4 cm³/mol. The minimum absolute atomic E-state index is 0.0470. The maximum absolute atomic E-state index is 12.4. The molecule has 0 unspecified atom stereocenters. The first-order valence-electron chi connectivity index (χ1n) is 7.62. The first-order chi connectivity index (χ1) is 9.99. The Morgan fingerprint density at radius 3 is 2.43 bits per heavy atom. The largest absolute Gasteiger partial charge is 0.341 e. The van der Waals surface area contributed by atoms with E-state index in [2.05, 4.69) is 0 Å². The van der Waals surface area contributed by atoms with Gasteiger partial charge in [0.1, 0.15) is 6.54 Å². The van der Waals surface area contributed by atoms with Crippen LogP contribution in [-0.2, 0) is 9.59 Å². The Bertz CT molecular complexity index is 534. The van der Waals surface area contributed by atoms with Crippen molar-refractivity contribution in [1.29, 1.82) is 0 Å².